The molecule has 0 aliphatic heterocycles. The minimum atomic E-state index is -1.17. The van der Waals surface area contributed by atoms with E-state index in [2.05, 4.69) is 0 Å². The molecule has 4 aliphatic rings. The van der Waals surface area contributed by atoms with Crippen LogP contribution in [0, 0.1) is 5.82 Å². The summed E-state index contributed by atoms with van der Waals surface area (Å²) in [5.41, 5.74) is 6.55. The third-order valence-electron chi connectivity index (χ3n) is 5.13. The van der Waals surface area contributed by atoms with Crippen LogP contribution in [-0.4, -0.2) is 11.2 Å². The van der Waals surface area contributed by atoms with Crippen molar-refractivity contribution in [2.24, 2.45) is 5.73 Å². The van der Waals surface area contributed by atoms with Crippen molar-refractivity contribution in [3.05, 3.63) is 35.1 Å². The fourth-order valence-electron chi connectivity index (χ4n) is 4.86. The molecule has 4 heteroatoms. The Balaban J connectivity index is 0.00000110. The lowest BCUT2D eigenvalue weighted by Gasteiger charge is -2.49. The molecule has 1 nitrogen and oxygen atoms in total. The quantitative estimate of drug-likeness (QED) is 0.771. The summed E-state index contributed by atoms with van der Waals surface area (Å²) < 4.78 is 29.0. The molecule has 2 saturated carbocycles. The van der Waals surface area contributed by atoms with Crippen molar-refractivity contribution in [2.45, 2.75) is 55.1 Å². The standard InChI is InChI=1S/C15H17F2N.ClH/c16-12-3-1-2-11-9-4-14(17)5-10(13(11)12)7-15(18,6-9)8-14;/h1-3,9-10H,4-8,18H2;1H. The van der Waals surface area contributed by atoms with E-state index in [-0.39, 0.29) is 30.1 Å². The molecule has 4 aliphatic carbocycles. The van der Waals surface area contributed by atoms with Gasteiger partial charge in [0.1, 0.15) is 11.5 Å². The first kappa shape index (κ1) is 13.3. The van der Waals surface area contributed by atoms with Gasteiger partial charge < -0.3 is 5.73 Å². The van der Waals surface area contributed by atoms with Crippen LogP contribution in [-0.2, 0) is 0 Å². The van der Waals surface area contributed by atoms with E-state index in [1.165, 1.54) is 6.07 Å². The number of rotatable bonds is 0. The lowest BCUT2D eigenvalue weighted by atomic mass is 9.61. The molecule has 2 fully saturated rings. The maximum absolute atomic E-state index is 14.9. The van der Waals surface area contributed by atoms with Crippen molar-refractivity contribution in [1.82, 2.24) is 0 Å². The molecule has 104 valence electrons. The summed E-state index contributed by atoms with van der Waals surface area (Å²) >= 11 is 0. The Morgan fingerprint density at radius 3 is 2.53 bits per heavy atom. The Labute approximate surface area is 118 Å². The van der Waals surface area contributed by atoms with Gasteiger partial charge in [-0.1, -0.05) is 12.1 Å². The van der Waals surface area contributed by atoms with Crippen molar-refractivity contribution in [1.29, 1.82) is 0 Å². The lowest BCUT2D eigenvalue weighted by Crippen LogP contribution is -2.55. The third kappa shape index (κ3) is 1.82. The number of nitrogens with two attached hydrogens (primary N) is 1. The van der Waals surface area contributed by atoms with E-state index >= 15 is 0 Å². The van der Waals surface area contributed by atoms with E-state index < -0.39 is 11.2 Å². The van der Waals surface area contributed by atoms with Crippen LogP contribution >= 0.6 is 12.4 Å². The molecule has 0 aromatic heterocycles. The average Bonchev–Trinajstić information content (AvgIpc) is 2.37. The average molecular weight is 286 g/mol. The molecular weight excluding hydrogens is 268 g/mol. The topological polar surface area (TPSA) is 26.0 Å². The van der Waals surface area contributed by atoms with Crippen LogP contribution < -0.4 is 5.73 Å². The number of hydrogen-bond acceptors (Lipinski definition) is 1. The summed E-state index contributed by atoms with van der Waals surface area (Å²) in [5.74, 6) is -0.0951. The van der Waals surface area contributed by atoms with Crippen LogP contribution in [0.4, 0.5) is 8.78 Å². The molecule has 0 saturated heterocycles. The highest BCUT2D eigenvalue weighted by Gasteiger charge is 2.56. The van der Waals surface area contributed by atoms with Crippen LogP contribution in [0.15, 0.2) is 18.2 Å². The predicted octanol–water partition coefficient (Wildman–Crippen LogP) is 3.81. The Hall–Kier alpha value is -0.670. The molecule has 5 rings (SSSR count). The van der Waals surface area contributed by atoms with Gasteiger partial charge in [0.05, 0.1) is 0 Å². The molecule has 19 heavy (non-hydrogen) atoms. The van der Waals surface area contributed by atoms with Crippen LogP contribution in [0.3, 0.4) is 0 Å². The summed E-state index contributed by atoms with van der Waals surface area (Å²) in [6, 6.07) is 5.21. The highest BCUT2D eigenvalue weighted by molar-refractivity contribution is 5.85. The van der Waals surface area contributed by atoms with E-state index in [9.17, 15) is 8.78 Å². The van der Waals surface area contributed by atoms with Crippen molar-refractivity contribution in [3.8, 4) is 0 Å². The minimum absolute atomic E-state index is 0. The SMILES string of the molecule is Cl.NC12CC3CC(F)(CC(C1)c1c(F)cccc13)C2. The van der Waals surface area contributed by atoms with Crippen molar-refractivity contribution in [2.75, 3.05) is 0 Å². The summed E-state index contributed by atoms with van der Waals surface area (Å²) in [6.45, 7) is 0. The molecule has 0 radical (unpaired) electrons. The Morgan fingerprint density at radius 2 is 1.79 bits per heavy atom. The van der Waals surface area contributed by atoms with Gasteiger partial charge in [0.15, 0.2) is 0 Å². The summed E-state index contributed by atoms with van der Waals surface area (Å²) in [6.07, 6.45) is 2.99. The van der Waals surface area contributed by atoms with E-state index in [1.807, 2.05) is 6.07 Å². The zero-order valence-corrected chi connectivity index (χ0v) is 11.5. The number of hydrogen-bond donors (Lipinski definition) is 1. The van der Waals surface area contributed by atoms with Crippen molar-refractivity contribution >= 4 is 12.4 Å². The summed E-state index contributed by atoms with van der Waals surface area (Å²) in [5, 5.41) is 0. The molecule has 4 bridgehead atoms. The van der Waals surface area contributed by atoms with Gasteiger partial charge in [-0.05, 0) is 61.1 Å². The minimum Gasteiger partial charge on any atom is -0.325 e. The Kier molecular flexibility index (Phi) is 2.75. The lowest BCUT2D eigenvalue weighted by molar-refractivity contribution is 0.00293. The van der Waals surface area contributed by atoms with E-state index in [0.717, 1.165) is 24.0 Å². The van der Waals surface area contributed by atoms with Crippen LogP contribution in [0.25, 0.3) is 0 Å². The molecule has 0 heterocycles. The second kappa shape index (κ2) is 3.92. The van der Waals surface area contributed by atoms with E-state index in [0.29, 0.717) is 19.3 Å². The zero-order chi connectivity index (χ0) is 12.5. The van der Waals surface area contributed by atoms with Gasteiger partial charge in [-0.3, -0.25) is 0 Å². The van der Waals surface area contributed by atoms with E-state index in [1.54, 1.807) is 6.07 Å². The normalized spacial score (nSPS) is 42.5. The van der Waals surface area contributed by atoms with Gasteiger partial charge >= 0.3 is 0 Å². The molecule has 0 spiro atoms. The second-order valence-corrected chi connectivity index (χ2v) is 6.64. The largest absolute Gasteiger partial charge is 0.325 e. The van der Waals surface area contributed by atoms with Gasteiger partial charge in [0.25, 0.3) is 0 Å². The fraction of sp³-hybridized carbons (Fsp3) is 0.600. The predicted molar refractivity (Wildman–Crippen MR) is 73.0 cm³/mol. The van der Waals surface area contributed by atoms with Crippen LogP contribution in [0.2, 0.25) is 0 Å². The highest BCUT2D eigenvalue weighted by atomic mass is 35.5. The highest BCUT2D eigenvalue weighted by Crippen LogP contribution is 2.60. The molecule has 0 amide bonds. The van der Waals surface area contributed by atoms with Gasteiger partial charge in [0, 0.05) is 5.54 Å². The van der Waals surface area contributed by atoms with Gasteiger partial charge in [-0.2, -0.15) is 0 Å². The maximum atomic E-state index is 14.9. The van der Waals surface area contributed by atoms with Gasteiger partial charge in [-0.15, -0.1) is 12.4 Å². The fourth-order valence-corrected chi connectivity index (χ4v) is 4.86. The van der Waals surface area contributed by atoms with Crippen LogP contribution in [0.5, 0.6) is 0 Å². The van der Waals surface area contributed by atoms with Gasteiger partial charge in [-0.25, -0.2) is 8.78 Å². The Morgan fingerprint density at radius 1 is 1.11 bits per heavy atom. The second-order valence-electron chi connectivity index (χ2n) is 6.64. The molecule has 2 N–H and O–H groups in total. The van der Waals surface area contributed by atoms with Crippen molar-refractivity contribution in [3.63, 3.8) is 0 Å². The van der Waals surface area contributed by atoms with E-state index in [4.69, 9.17) is 5.73 Å². The van der Waals surface area contributed by atoms with Gasteiger partial charge in [0.2, 0.25) is 0 Å². The number of benzene rings is 1. The zero-order valence-electron chi connectivity index (χ0n) is 10.7. The summed E-state index contributed by atoms with van der Waals surface area (Å²) in [4.78, 5) is 0. The molecule has 1 aromatic rings. The summed E-state index contributed by atoms with van der Waals surface area (Å²) in [7, 11) is 0. The Bertz CT molecular complexity index is 515. The molecular formula is C15H18ClF2N. The first-order valence-corrected chi connectivity index (χ1v) is 6.74. The molecule has 1 aromatic carbocycles. The third-order valence-corrected chi connectivity index (χ3v) is 5.13. The first-order valence-electron chi connectivity index (χ1n) is 6.74. The van der Waals surface area contributed by atoms with Crippen LogP contribution in [0.1, 0.15) is 55.1 Å². The first-order chi connectivity index (χ1) is 8.48. The maximum Gasteiger partial charge on any atom is 0.126 e. The number of halogens is 3. The number of alkyl halides is 1. The smallest absolute Gasteiger partial charge is 0.126 e. The van der Waals surface area contributed by atoms with Crippen molar-refractivity contribution < 1.29 is 8.78 Å². The molecule has 4 unspecified atom stereocenters. The molecule has 4 atom stereocenters. The monoisotopic (exact) mass is 285 g/mol.